The summed E-state index contributed by atoms with van der Waals surface area (Å²) >= 11 is 11.7. The van der Waals surface area contributed by atoms with Crippen molar-refractivity contribution in [2.24, 2.45) is 5.92 Å². The fraction of sp³-hybridized carbons (Fsp3) is 0.316. The van der Waals surface area contributed by atoms with E-state index in [0.29, 0.717) is 11.8 Å². The van der Waals surface area contributed by atoms with Crippen LogP contribution in [0.4, 0.5) is 0 Å². The van der Waals surface area contributed by atoms with Crippen LogP contribution >= 0.6 is 23.8 Å². The third kappa shape index (κ3) is 3.04. The molecule has 0 radical (unpaired) electrons. The molecule has 0 aromatic heterocycles. The Bertz CT molecular complexity index is 678. The summed E-state index contributed by atoms with van der Waals surface area (Å²) in [5.41, 5.74) is 3.88. The fourth-order valence-corrected chi connectivity index (χ4v) is 3.64. The van der Waals surface area contributed by atoms with Gasteiger partial charge in [-0.15, -0.1) is 0 Å². The molecular weight excluding hydrogens is 310 g/mol. The first-order valence-electron chi connectivity index (χ1n) is 7.71. The van der Waals surface area contributed by atoms with Crippen molar-refractivity contribution in [3.63, 3.8) is 0 Å². The zero-order chi connectivity index (χ0) is 15.7. The maximum Gasteiger partial charge on any atom is 0.0836 e. The topological polar surface area (TPSA) is 12.0 Å². The lowest BCUT2D eigenvalue weighted by Gasteiger charge is -2.35. The summed E-state index contributed by atoms with van der Waals surface area (Å²) in [6, 6.07) is 16.8. The van der Waals surface area contributed by atoms with Crippen molar-refractivity contribution in [2.75, 3.05) is 0 Å². The van der Waals surface area contributed by atoms with Gasteiger partial charge in [0.25, 0.3) is 0 Å². The quantitative estimate of drug-likeness (QED) is 0.747. The summed E-state index contributed by atoms with van der Waals surface area (Å²) in [6.45, 7) is 4.49. The number of hydrogen-bond donors (Lipinski definition) is 1. The summed E-state index contributed by atoms with van der Waals surface area (Å²) in [4.78, 5) is 0.951. The van der Waals surface area contributed by atoms with Crippen molar-refractivity contribution < 1.29 is 0 Å². The van der Waals surface area contributed by atoms with E-state index in [-0.39, 0.29) is 6.04 Å². The van der Waals surface area contributed by atoms with E-state index < -0.39 is 0 Å². The highest BCUT2D eigenvalue weighted by Gasteiger charge is 2.31. The average Bonchev–Trinajstić information content (AvgIpc) is 2.50. The number of nitrogens with one attached hydrogen (secondary N) is 1. The van der Waals surface area contributed by atoms with Gasteiger partial charge in [-0.25, -0.2) is 0 Å². The van der Waals surface area contributed by atoms with Gasteiger partial charge >= 0.3 is 0 Å². The van der Waals surface area contributed by atoms with Crippen LogP contribution in [-0.4, -0.2) is 4.99 Å². The third-order valence-electron chi connectivity index (χ3n) is 4.20. The van der Waals surface area contributed by atoms with Crippen molar-refractivity contribution >= 4 is 28.8 Å². The standard InChI is InChI=1S/C19H20ClNS/c1-12(2)11-17-15-5-3-4-6-16(15)18(21-19(17)22)13-7-9-14(20)10-8-13/h3-10,12,17-18H,11H2,1-2H3,(H,21,22). The normalized spacial score (nSPS) is 20.6. The first kappa shape index (κ1) is 15.5. The van der Waals surface area contributed by atoms with E-state index >= 15 is 0 Å². The molecule has 3 heteroatoms. The molecule has 1 nitrogen and oxygen atoms in total. The lowest BCUT2D eigenvalue weighted by atomic mass is 9.80. The molecule has 1 aliphatic heterocycles. The molecule has 1 heterocycles. The molecule has 114 valence electrons. The number of thiocarbonyl (C=S) groups is 1. The van der Waals surface area contributed by atoms with Crippen molar-refractivity contribution in [2.45, 2.75) is 32.2 Å². The molecule has 0 aliphatic carbocycles. The molecule has 3 rings (SSSR count). The highest BCUT2D eigenvalue weighted by atomic mass is 35.5. The highest BCUT2D eigenvalue weighted by molar-refractivity contribution is 7.80. The van der Waals surface area contributed by atoms with Crippen LogP contribution in [0, 0.1) is 5.92 Å². The summed E-state index contributed by atoms with van der Waals surface area (Å²) in [7, 11) is 0. The van der Waals surface area contributed by atoms with Crippen molar-refractivity contribution in [3.05, 3.63) is 70.2 Å². The van der Waals surface area contributed by atoms with Gasteiger partial charge < -0.3 is 5.32 Å². The SMILES string of the molecule is CC(C)CC1C(=S)NC(c2ccc(Cl)cc2)c2ccccc21. The molecule has 22 heavy (non-hydrogen) atoms. The Balaban J connectivity index is 2.03. The van der Waals surface area contributed by atoms with Gasteiger partial charge in [-0.3, -0.25) is 0 Å². The van der Waals surface area contributed by atoms with Crippen LogP contribution in [0.3, 0.4) is 0 Å². The predicted molar refractivity (Wildman–Crippen MR) is 97.7 cm³/mol. The van der Waals surface area contributed by atoms with E-state index in [1.807, 2.05) is 12.1 Å². The van der Waals surface area contributed by atoms with Crippen molar-refractivity contribution in [1.29, 1.82) is 0 Å². The minimum Gasteiger partial charge on any atom is -0.368 e. The maximum atomic E-state index is 6.01. The van der Waals surface area contributed by atoms with E-state index in [1.165, 1.54) is 16.7 Å². The summed E-state index contributed by atoms with van der Waals surface area (Å²) in [6.07, 6.45) is 1.08. The van der Waals surface area contributed by atoms with E-state index in [9.17, 15) is 0 Å². The lowest BCUT2D eigenvalue weighted by Crippen LogP contribution is -2.38. The van der Waals surface area contributed by atoms with Crippen LogP contribution in [0.25, 0.3) is 0 Å². The van der Waals surface area contributed by atoms with Gasteiger partial charge in [-0.1, -0.05) is 74.1 Å². The van der Waals surface area contributed by atoms with E-state index in [4.69, 9.17) is 23.8 Å². The molecule has 0 bridgehead atoms. The maximum absolute atomic E-state index is 6.01. The van der Waals surface area contributed by atoms with Gasteiger partial charge in [0, 0.05) is 10.9 Å². The molecule has 2 atom stereocenters. The number of hydrogen-bond acceptors (Lipinski definition) is 1. The second-order valence-corrected chi connectivity index (χ2v) is 7.18. The van der Waals surface area contributed by atoms with Crippen LogP contribution in [0.15, 0.2) is 48.5 Å². The van der Waals surface area contributed by atoms with Gasteiger partial charge in [0.1, 0.15) is 0 Å². The molecule has 0 spiro atoms. The molecule has 1 N–H and O–H groups in total. The third-order valence-corrected chi connectivity index (χ3v) is 4.85. The minimum absolute atomic E-state index is 0.115. The van der Waals surface area contributed by atoms with E-state index in [2.05, 4.69) is 55.6 Å². The average molecular weight is 330 g/mol. The zero-order valence-electron chi connectivity index (χ0n) is 12.8. The Morgan fingerprint density at radius 3 is 2.32 bits per heavy atom. The summed E-state index contributed by atoms with van der Waals surface area (Å²) < 4.78 is 0. The molecular formula is C19H20ClNS. The molecule has 2 aromatic carbocycles. The smallest absolute Gasteiger partial charge is 0.0836 e. The Hall–Kier alpha value is -1.38. The number of halogens is 1. The first-order chi connectivity index (χ1) is 10.6. The van der Waals surface area contributed by atoms with E-state index in [0.717, 1.165) is 16.4 Å². The van der Waals surface area contributed by atoms with Gasteiger partial charge in [-0.2, -0.15) is 0 Å². The minimum atomic E-state index is 0.115. The van der Waals surface area contributed by atoms with Crippen molar-refractivity contribution in [3.8, 4) is 0 Å². The Morgan fingerprint density at radius 1 is 1.05 bits per heavy atom. The first-order valence-corrected chi connectivity index (χ1v) is 8.49. The number of rotatable bonds is 3. The Labute approximate surface area is 142 Å². The van der Waals surface area contributed by atoms with Crippen LogP contribution in [0.5, 0.6) is 0 Å². The molecule has 0 fully saturated rings. The van der Waals surface area contributed by atoms with Gasteiger partial charge in [-0.05, 0) is 41.2 Å². The molecule has 0 amide bonds. The Morgan fingerprint density at radius 2 is 1.68 bits per heavy atom. The zero-order valence-corrected chi connectivity index (χ0v) is 14.4. The summed E-state index contributed by atoms with van der Waals surface area (Å²) in [5.74, 6) is 0.930. The molecule has 2 aromatic rings. The Kier molecular flexibility index (Phi) is 4.51. The van der Waals surface area contributed by atoms with Gasteiger partial charge in [0.2, 0.25) is 0 Å². The number of benzene rings is 2. The van der Waals surface area contributed by atoms with Gasteiger partial charge in [0.15, 0.2) is 0 Å². The highest BCUT2D eigenvalue weighted by Crippen LogP contribution is 2.38. The largest absolute Gasteiger partial charge is 0.368 e. The summed E-state index contributed by atoms with van der Waals surface area (Å²) in [5, 5.41) is 4.31. The second-order valence-electron chi connectivity index (χ2n) is 6.30. The molecule has 2 unspecified atom stereocenters. The fourth-order valence-electron chi connectivity index (χ4n) is 3.18. The predicted octanol–water partition coefficient (Wildman–Crippen LogP) is 5.49. The molecule has 0 saturated heterocycles. The van der Waals surface area contributed by atoms with Crippen LogP contribution in [0.2, 0.25) is 5.02 Å². The molecule has 0 saturated carbocycles. The van der Waals surface area contributed by atoms with Crippen molar-refractivity contribution in [1.82, 2.24) is 5.32 Å². The van der Waals surface area contributed by atoms with E-state index in [1.54, 1.807) is 0 Å². The van der Waals surface area contributed by atoms with Gasteiger partial charge in [0.05, 0.1) is 11.0 Å². The van der Waals surface area contributed by atoms with Crippen LogP contribution in [-0.2, 0) is 0 Å². The lowest BCUT2D eigenvalue weighted by molar-refractivity contribution is 0.540. The van der Waals surface area contributed by atoms with Crippen LogP contribution < -0.4 is 5.32 Å². The number of fused-ring (bicyclic) bond motifs is 1. The second kappa shape index (κ2) is 6.39. The molecule has 1 aliphatic rings. The monoisotopic (exact) mass is 329 g/mol. The van der Waals surface area contributed by atoms with Crippen LogP contribution in [0.1, 0.15) is 48.9 Å².